The topological polar surface area (TPSA) is 110 Å². The number of fused-ring (bicyclic) bond motifs is 1. The summed E-state index contributed by atoms with van der Waals surface area (Å²) in [6, 6.07) is 13.0. The second-order valence-corrected chi connectivity index (χ2v) is 8.38. The van der Waals surface area contributed by atoms with Crippen LogP contribution in [0.2, 0.25) is 0 Å². The molecule has 0 saturated carbocycles. The largest absolute Gasteiger partial charge is 0.497 e. The van der Waals surface area contributed by atoms with E-state index >= 15 is 0 Å². The van der Waals surface area contributed by atoms with Crippen LogP contribution in [0.3, 0.4) is 0 Å². The molecule has 1 N–H and O–H groups in total. The summed E-state index contributed by atoms with van der Waals surface area (Å²) in [6.45, 7) is 2.21. The third-order valence-electron chi connectivity index (χ3n) is 6.22. The summed E-state index contributed by atoms with van der Waals surface area (Å²) >= 11 is 0. The number of hydrogen-bond acceptors (Lipinski definition) is 6. The zero-order chi connectivity index (χ0) is 25.2. The second-order valence-electron chi connectivity index (χ2n) is 8.38. The fraction of sp³-hybridized carbons (Fsp3) is 0.231. The molecule has 2 saturated heterocycles. The third kappa shape index (κ3) is 4.34. The van der Waals surface area contributed by atoms with Gasteiger partial charge in [0.2, 0.25) is 5.91 Å². The molecular formula is C26H24N4O6. The molecule has 0 bridgehead atoms. The summed E-state index contributed by atoms with van der Waals surface area (Å²) < 4.78 is 12.3. The highest BCUT2D eigenvalue weighted by Gasteiger charge is 2.37. The van der Waals surface area contributed by atoms with Gasteiger partial charge < -0.3 is 18.9 Å². The summed E-state index contributed by atoms with van der Waals surface area (Å²) in [5, 5.41) is 3.01. The molecule has 1 aromatic heterocycles. The molecule has 5 rings (SSSR count). The number of urea groups is 1. The number of morpholine rings is 1. The van der Waals surface area contributed by atoms with Crippen molar-refractivity contribution in [1.82, 2.24) is 14.8 Å². The van der Waals surface area contributed by atoms with E-state index < -0.39 is 17.8 Å². The Hall–Kier alpha value is -4.44. The molecule has 0 unspecified atom stereocenters. The predicted molar refractivity (Wildman–Crippen MR) is 131 cm³/mol. The Morgan fingerprint density at radius 3 is 2.50 bits per heavy atom. The van der Waals surface area contributed by atoms with E-state index in [0.29, 0.717) is 43.3 Å². The lowest BCUT2D eigenvalue weighted by Crippen LogP contribution is -2.54. The van der Waals surface area contributed by atoms with Crippen molar-refractivity contribution in [2.24, 2.45) is 0 Å². The molecule has 0 spiro atoms. The number of aromatic nitrogens is 1. The van der Waals surface area contributed by atoms with E-state index in [2.05, 4.69) is 5.32 Å². The van der Waals surface area contributed by atoms with Gasteiger partial charge in [-0.05, 0) is 36.4 Å². The number of nitrogens with zero attached hydrogens (tertiary/aromatic N) is 3. The minimum Gasteiger partial charge on any atom is -0.497 e. The third-order valence-corrected chi connectivity index (χ3v) is 6.22. The van der Waals surface area contributed by atoms with Crippen LogP contribution in [0.5, 0.6) is 5.75 Å². The number of hydrogen-bond donors (Lipinski definition) is 1. The van der Waals surface area contributed by atoms with Crippen LogP contribution in [-0.4, -0.2) is 66.6 Å². The Labute approximate surface area is 206 Å². The van der Waals surface area contributed by atoms with E-state index in [9.17, 15) is 19.2 Å². The van der Waals surface area contributed by atoms with Gasteiger partial charge in [-0.15, -0.1) is 0 Å². The zero-order valence-electron chi connectivity index (χ0n) is 19.6. The Bertz CT molecular complexity index is 1390. The molecule has 2 aliphatic heterocycles. The SMILES string of the molecule is COc1ccc(N2C(=O)NC(=O)/C(=C/c3cn(CC(=O)N4CCOCC4)c4ccccc34)C2=O)cc1. The van der Waals surface area contributed by atoms with Crippen LogP contribution in [0.1, 0.15) is 5.56 Å². The lowest BCUT2D eigenvalue weighted by molar-refractivity contribution is -0.135. The van der Waals surface area contributed by atoms with E-state index in [0.717, 1.165) is 15.8 Å². The molecule has 10 heteroatoms. The first-order chi connectivity index (χ1) is 17.5. The molecule has 184 valence electrons. The van der Waals surface area contributed by atoms with Crippen molar-refractivity contribution >= 4 is 46.4 Å². The van der Waals surface area contributed by atoms with Gasteiger partial charge in [-0.2, -0.15) is 0 Å². The molecule has 3 heterocycles. The number of anilines is 1. The second kappa shape index (κ2) is 9.67. The molecule has 0 aliphatic carbocycles. The van der Waals surface area contributed by atoms with Gasteiger partial charge in [-0.25, -0.2) is 9.69 Å². The highest BCUT2D eigenvalue weighted by Crippen LogP contribution is 2.27. The smallest absolute Gasteiger partial charge is 0.335 e. The Balaban J connectivity index is 1.49. The number of amides is 5. The number of carbonyl (C=O) groups excluding carboxylic acids is 4. The Kier molecular flexibility index (Phi) is 6.26. The van der Waals surface area contributed by atoms with Gasteiger partial charge in [0.1, 0.15) is 17.9 Å². The van der Waals surface area contributed by atoms with Crippen molar-refractivity contribution in [3.05, 3.63) is 65.9 Å². The fourth-order valence-electron chi connectivity index (χ4n) is 4.36. The molecule has 2 fully saturated rings. The van der Waals surface area contributed by atoms with Crippen molar-refractivity contribution in [2.75, 3.05) is 38.3 Å². The van der Waals surface area contributed by atoms with Crippen LogP contribution in [0.25, 0.3) is 17.0 Å². The quantitative estimate of drug-likeness (QED) is 0.436. The number of nitrogens with one attached hydrogen (secondary N) is 1. The maximum Gasteiger partial charge on any atom is 0.335 e. The number of ether oxygens (including phenoxy) is 2. The number of carbonyl (C=O) groups is 4. The predicted octanol–water partition coefficient (Wildman–Crippen LogP) is 2.18. The van der Waals surface area contributed by atoms with Crippen LogP contribution in [0.4, 0.5) is 10.5 Å². The van der Waals surface area contributed by atoms with Crippen molar-refractivity contribution in [1.29, 1.82) is 0 Å². The van der Waals surface area contributed by atoms with Crippen LogP contribution < -0.4 is 15.0 Å². The van der Waals surface area contributed by atoms with Crippen molar-refractivity contribution in [2.45, 2.75) is 6.54 Å². The van der Waals surface area contributed by atoms with Crippen LogP contribution in [-0.2, 0) is 25.7 Å². The van der Waals surface area contributed by atoms with Gasteiger partial charge >= 0.3 is 6.03 Å². The minimum absolute atomic E-state index is 0.0407. The Morgan fingerprint density at radius 1 is 1.06 bits per heavy atom. The summed E-state index contributed by atoms with van der Waals surface area (Å²) in [4.78, 5) is 54.0. The van der Waals surface area contributed by atoms with E-state index in [1.165, 1.54) is 13.2 Å². The van der Waals surface area contributed by atoms with E-state index in [1.807, 2.05) is 24.3 Å². The van der Waals surface area contributed by atoms with Crippen molar-refractivity contribution in [3.63, 3.8) is 0 Å². The average Bonchev–Trinajstić information content (AvgIpc) is 3.24. The molecular weight excluding hydrogens is 464 g/mol. The lowest BCUT2D eigenvalue weighted by atomic mass is 10.1. The van der Waals surface area contributed by atoms with Crippen LogP contribution in [0, 0.1) is 0 Å². The molecule has 0 atom stereocenters. The number of barbiturate groups is 1. The van der Waals surface area contributed by atoms with Gasteiger partial charge in [0, 0.05) is 35.8 Å². The number of methoxy groups -OCH3 is 1. The highest BCUT2D eigenvalue weighted by molar-refractivity contribution is 6.39. The summed E-state index contributed by atoms with van der Waals surface area (Å²) in [5.41, 5.74) is 1.49. The number of rotatable bonds is 5. The maximum absolute atomic E-state index is 13.3. The lowest BCUT2D eigenvalue weighted by Gasteiger charge is -2.27. The number of imide groups is 2. The monoisotopic (exact) mass is 488 g/mol. The van der Waals surface area contributed by atoms with E-state index in [1.54, 1.807) is 39.9 Å². The Morgan fingerprint density at radius 2 is 1.78 bits per heavy atom. The number of para-hydroxylation sites is 1. The molecule has 0 radical (unpaired) electrons. The van der Waals surface area contributed by atoms with Gasteiger partial charge in [-0.3, -0.25) is 19.7 Å². The van der Waals surface area contributed by atoms with Crippen LogP contribution in [0.15, 0.2) is 60.3 Å². The van der Waals surface area contributed by atoms with Gasteiger partial charge in [0.05, 0.1) is 26.0 Å². The normalized spacial score (nSPS) is 17.6. The highest BCUT2D eigenvalue weighted by atomic mass is 16.5. The zero-order valence-corrected chi connectivity index (χ0v) is 19.6. The van der Waals surface area contributed by atoms with Gasteiger partial charge in [0.15, 0.2) is 0 Å². The maximum atomic E-state index is 13.3. The summed E-state index contributed by atoms with van der Waals surface area (Å²) in [7, 11) is 1.51. The summed E-state index contributed by atoms with van der Waals surface area (Å²) in [6.07, 6.45) is 3.20. The molecule has 3 aromatic rings. The van der Waals surface area contributed by atoms with E-state index in [-0.39, 0.29) is 18.0 Å². The standard InChI is InChI=1S/C26H24N4O6/c1-35-19-8-6-18(7-9-19)30-25(33)21(24(32)27-26(30)34)14-17-15-29(22-5-3-2-4-20(17)22)16-23(31)28-10-12-36-13-11-28/h2-9,14-15H,10-13,16H2,1H3,(H,27,32,34)/b21-14-. The van der Waals surface area contributed by atoms with Crippen molar-refractivity contribution in [3.8, 4) is 5.75 Å². The first-order valence-electron chi connectivity index (χ1n) is 11.4. The van der Waals surface area contributed by atoms with Crippen LogP contribution >= 0.6 is 0 Å². The summed E-state index contributed by atoms with van der Waals surface area (Å²) in [5.74, 6) is -0.998. The first kappa shape index (κ1) is 23.3. The molecule has 5 amide bonds. The van der Waals surface area contributed by atoms with E-state index in [4.69, 9.17) is 9.47 Å². The fourth-order valence-corrected chi connectivity index (χ4v) is 4.36. The van der Waals surface area contributed by atoms with Gasteiger partial charge in [-0.1, -0.05) is 18.2 Å². The number of benzene rings is 2. The molecule has 36 heavy (non-hydrogen) atoms. The molecule has 10 nitrogen and oxygen atoms in total. The van der Waals surface area contributed by atoms with Crippen molar-refractivity contribution < 1.29 is 28.7 Å². The molecule has 2 aliphatic rings. The molecule has 2 aromatic carbocycles. The minimum atomic E-state index is -0.828. The van der Waals surface area contributed by atoms with Gasteiger partial charge in [0.25, 0.3) is 11.8 Å². The average molecular weight is 489 g/mol. The first-order valence-corrected chi connectivity index (χ1v) is 11.4.